The quantitative estimate of drug-likeness (QED) is 0.326. The minimum atomic E-state index is -0.321. The lowest BCUT2D eigenvalue weighted by Crippen LogP contribution is -2.27. The zero-order chi connectivity index (χ0) is 19.6. The highest BCUT2D eigenvalue weighted by Crippen LogP contribution is 2.20. The molecule has 2 aromatic rings. The lowest BCUT2D eigenvalue weighted by atomic mass is 10.1. The average Bonchev–Trinajstić information content (AvgIpc) is 2.67. The molecule has 144 valence electrons. The van der Waals surface area contributed by atoms with E-state index >= 15 is 0 Å². The molecule has 0 atom stereocenters. The summed E-state index contributed by atoms with van der Waals surface area (Å²) in [5.41, 5.74) is 4.55. The predicted octanol–water partition coefficient (Wildman–Crippen LogP) is 5.21. The van der Waals surface area contributed by atoms with Crippen LogP contribution in [0.25, 0.3) is 0 Å². The van der Waals surface area contributed by atoms with Crippen LogP contribution in [0.5, 0.6) is 0 Å². The van der Waals surface area contributed by atoms with Gasteiger partial charge in [0.1, 0.15) is 0 Å². The van der Waals surface area contributed by atoms with Gasteiger partial charge in [-0.3, -0.25) is 4.99 Å². The number of benzene rings is 2. The minimum Gasteiger partial charge on any atom is -0.462 e. The molecule has 0 saturated carbocycles. The van der Waals surface area contributed by atoms with Gasteiger partial charge in [-0.1, -0.05) is 6.07 Å². The minimum absolute atomic E-state index is 0.321. The van der Waals surface area contributed by atoms with E-state index in [1.807, 2.05) is 19.2 Å². The molecule has 2 rings (SSSR count). The highest BCUT2D eigenvalue weighted by Gasteiger charge is 2.07. The van der Waals surface area contributed by atoms with Gasteiger partial charge < -0.3 is 9.64 Å². The molecule has 0 radical (unpaired) electrons. The van der Waals surface area contributed by atoms with E-state index in [9.17, 15) is 4.79 Å². The number of aryl methyl sites for hydroxylation is 1. The second-order valence-corrected chi connectivity index (χ2v) is 6.69. The van der Waals surface area contributed by atoms with Crippen molar-refractivity contribution in [3.63, 3.8) is 0 Å². The second-order valence-electron chi connectivity index (χ2n) is 5.93. The van der Waals surface area contributed by atoms with Crippen molar-refractivity contribution >= 4 is 46.8 Å². The van der Waals surface area contributed by atoms with Crippen molar-refractivity contribution in [1.82, 2.24) is 0 Å². The normalized spacial score (nSPS) is 11.0. The van der Waals surface area contributed by atoms with Crippen molar-refractivity contribution in [2.75, 3.05) is 36.4 Å². The molecule has 0 fully saturated rings. The zero-order valence-electron chi connectivity index (χ0n) is 15.6. The topological polar surface area (TPSA) is 41.9 Å². The fourth-order valence-corrected chi connectivity index (χ4v) is 3.03. The van der Waals surface area contributed by atoms with Gasteiger partial charge in [0.25, 0.3) is 0 Å². The Bertz CT molecular complexity index is 770. The monoisotopic (exact) mass is 406 g/mol. The number of rotatable bonds is 9. The molecule has 6 heteroatoms. The Balaban J connectivity index is 2.11. The zero-order valence-corrected chi connectivity index (χ0v) is 17.1. The molecule has 0 unspecified atom stereocenters. The van der Waals surface area contributed by atoms with Crippen molar-refractivity contribution in [2.24, 2.45) is 4.99 Å². The highest BCUT2D eigenvalue weighted by molar-refractivity contribution is 6.18. The fourth-order valence-electron chi connectivity index (χ4n) is 2.62. The summed E-state index contributed by atoms with van der Waals surface area (Å²) in [6.45, 7) is 5.71. The molecule has 0 N–H and O–H groups in total. The van der Waals surface area contributed by atoms with Crippen LogP contribution in [-0.2, 0) is 4.74 Å². The third-order valence-electron chi connectivity index (χ3n) is 4.06. The summed E-state index contributed by atoms with van der Waals surface area (Å²) < 4.78 is 4.98. The average molecular weight is 407 g/mol. The van der Waals surface area contributed by atoms with Crippen LogP contribution in [0.1, 0.15) is 28.4 Å². The molecule has 2 aromatic carbocycles. The van der Waals surface area contributed by atoms with Gasteiger partial charge >= 0.3 is 5.97 Å². The first-order valence-corrected chi connectivity index (χ1v) is 9.94. The number of anilines is 1. The van der Waals surface area contributed by atoms with Crippen molar-refractivity contribution < 1.29 is 9.53 Å². The number of hydrogen-bond acceptors (Lipinski definition) is 4. The van der Waals surface area contributed by atoms with Crippen molar-refractivity contribution in [3.05, 3.63) is 59.2 Å². The molecule has 27 heavy (non-hydrogen) atoms. The summed E-state index contributed by atoms with van der Waals surface area (Å²) in [6.07, 6.45) is 1.83. The van der Waals surface area contributed by atoms with Crippen molar-refractivity contribution in [1.29, 1.82) is 0 Å². The van der Waals surface area contributed by atoms with E-state index in [0.29, 0.717) is 23.9 Å². The number of carbonyl (C=O) groups excluding carboxylic acids is 1. The molecule has 0 amide bonds. The number of carbonyl (C=O) groups is 1. The standard InChI is InChI=1S/C21H24Cl2N2O2/c1-3-27-21(26)17-4-7-19(8-5-17)24-15-18-6-9-20(14-16(18)2)25(12-10-22)13-11-23/h4-9,14-15H,3,10-13H2,1-2H3. The van der Waals surface area contributed by atoms with Gasteiger partial charge in [0, 0.05) is 36.8 Å². The van der Waals surface area contributed by atoms with Gasteiger partial charge in [-0.2, -0.15) is 0 Å². The molecule has 0 aliphatic heterocycles. The Hall–Kier alpha value is -2.04. The van der Waals surface area contributed by atoms with Gasteiger partial charge in [-0.25, -0.2) is 4.79 Å². The van der Waals surface area contributed by atoms with Crippen molar-refractivity contribution in [3.8, 4) is 0 Å². The van der Waals surface area contributed by atoms with Crippen LogP contribution >= 0.6 is 23.2 Å². The lowest BCUT2D eigenvalue weighted by Gasteiger charge is -2.23. The van der Waals surface area contributed by atoms with E-state index in [4.69, 9.17) is 27.9 Å². The molecule has 0 saturated heterocycles. The van der Waals surface area contributed by atoms with E-state index < -0.39 is 0 Å². The van der Waals surface area contributed by atoms with Crippen LogP contribution < -0.4 is 4.90 Å². The van der Waals surface area contributed by atoms with Crippen LogP contribution in [0.2, 0.25) is 0 Å². The summed E-state index contributed by atoms with van der Waals surface area (Å²) in [6, 6.07) is 13.2. The maximum atomic E-state index is 11.7. The fraction of sp³-hybridized carbons (Fsp3) is 0.333. The molecular formula is C21H24Cl2N2O2. The summed E-state index contributed by atoms with van der Waals surface area (Å²) in [4.78, 5) is 18.3. The summed E-state index contributed by atoms with van der Waals surface area (Å²) in [5, 5.41) is 0. The first-order chi connectivity index (χ1) is 13.1. The maximum Gasteiger partial charge on any atom is 0.338 e. The Labute approximate surface area is 170 Å². The number of halogens is 2. The molecular weight excluding hydrogens is 383 g/mol. The Morgan fingerprint density at radius 3 is 2.33 bits per heavy atom. The van der Waals surface area contributed by atoms with Crippen LogP contribution in [-0.4, -0.2) is 43.6 Å². The van der Waals surface area contributed by atoms with Crippen LogP contribution in [0, 0.1) is 6.92 Å². The van der Waals surface area contributed by atoms with Gasteiger partial charge in [0.05, 0.1) is 17.9 Å². The Morgan fingerprint density at radius 2 is 1.78 bits per heavy atom. The molecule has 4 nitrogen and oxygen atoms in total. The molecule has 0 spiro atoms. The van der Waals surface area contributed by atoms with Gasteiger partial charge in [-0.05, 0) is 61.4 Å². The predicted molar refractivity (Wildman–Crippen MR) is 114 cm³/mol. The van der Waals surface area contributed by atoms with Gasteiger partial charge in [0.2, 0.25) is 0 Å². The highest BCUT2D eigenvalue weighted by atomic mass is 35.5. The SMILES string of the molecule is CCOC(=O)c1ccc(N=Cc2ccc(N(CCCl)CCCl)cc2C)cc1. The van der Waals surface area contributed by atoms with E-state index in [2.05, 4.69) is 22.0 Å². The number of nitrogens with zero attached hydrogens (tertiary/aromatic N) is 2. The van der Waals surface area contributed by atoms with Crippen LogP contribution in [0.15, 0.2) is 47.5 Å². The molecule has 0 heterocycles. The Morgan fingerprint density at radius 1 is 1.11 bits per heavy atom. The number of esters is 1. The summed E-state index contributed by atoms with van der Waals surface area (Å²) in [7, 11) is 0. The summed E-state index contributed by atoms with van der Waals surface area (Å²) >= 11 is 11.8. The number of hydrogen-bond donors (Lipinski definition) is 0. The van der Waals surface area contributed by atoms with E-state index in [1.54, 1.807) is 31.2 Å². The van der Waals surface area contributed by atoms with E-state index in [1.165, 1.54) is 0 Å². The number of alkyl halides is 2. The second kappa shape index (κ2) is 11.0. The maximum absolute atomic E-state index is 11.7. The molecule has 0 aliphatic carbocycles. The van der Waals surface area contributed by atoms with Crippen molar-refractivity contribution in [2.45, 2.75) is 13.8 Å². The molecule has 0 aromatic heterocycles. The molecule has 0 aliphatic rings. The first kappa shape index (κ1) is 21.3. The smallest absolute Gasteiger partial charge is 0.338 e. The van der Waals surface area contributed by atoms with E-state index in [-0.39, 0.29) is 5.97 Å². The van der Waals surface area contributed by atoms with E-state index in [0.717, 1.165) is 35.6 Å². The Kier molecular flexibility index (Phi) is 8.62. The van der Waals surface area contributed by atoms with Crippen LogP contribution in [0.3, 0.4) is 0 Å². The number of aliphatic imine (C=N–C) groups is 1. The van der Waals surface area contributed by atoms with Gasteiger partial charge in [-0.15, -0.1) is 23.2 Å². The third-order valence-corrected chi connectivity index (χ3v) is 4.40. The molecule has 0 bridgehead atoms. The largest absolute Gasteiger partial charge is 0.462 e. The third kappa shape index (κ3) is 6.26. The first-order valence-electron chi connectivity index (χ1n) is 8.87. The summed E-state index contributed by atoms with van der Waals surface area (Å²) in [5.74, 6) is 0.792. The van der Waals surface area contributed by atoms with Crippen LogP contribution in [0.4, 0.5) is 11.4 Å². The van der Waals surface area contributed by atoms with Gasteiger partial charge in [0.15, 0.2) is 0 Å². The lowest BCUT2D eigenvalue weighted by molar-refractivity contribution is 0.0526. The number of ether oxygens (including phenoxy) is 1.